The minimum Gasteiger partial charge on any atom is -0.395 e. The second-order valence-electron chi connectivity index (χ2n) is 3.95. The van der Waals surface area contributed by atoms with Gasteiger partial charge in [-0.3, -0.25) is 0 Å². The van der Waals surface area contributed by atoms with E-state index in [4.69, 9.17) is 5.11 Å². The molecular weight excluding hydrogens is 247 g/mol. The molecule has 0 unspecified atom stereocenters. The lowest BCUT2D eigenvalue weighted by atomic mass is 10.1. The highest BCUT2D eigenvalue weighted by molar-refractivity contribution is 5.49. The Morgan fingerprint density at radius 1 is 1.33 bits per heavy atom. The van der Waals surface area contributed by atoms with Crippen LogP contribution in [0.3, 0.4) is 0 Å². The van der Waals surface area contributed by atoms with Crippen LogP contribution >= 0.6 is 0 Å². The Kier molecular flexibility index (Phi) is 5.43. The molecule has 0 aromatic heterocycles. The van der Waals surface area contributed by atoms with Gasteiger partial charge < -0.3 is 15.1 Å². The van der Waals surface area contributed by atoms with Crippen LogP contribution in [-0.4, -0.2) is 36.3 Å². The lowest BCUT2D eigenvalue weighted by Gasteiger charge is -2.24. The first-order chi connectivity index (χ1) is 8.45. The van der Waals surface area contributed by atoms with Crippen molar-refractivity contribution in [2.45, 2.75) is 19.5 Å². The van der Waals surface area contributed by atoms with Crippen LogP contribution in [0.5, 0.6) is 0 Å². The molecule has 0 heterocycles. The minimum atomic E-state index is -2.62. The molecule has 0 fully saturated rings. The molecule has 2 N–H and O–H groups in total. The molecule has 6 heteroatoms. The molecule has 1 rings (SSSR count). The monoisotopic (exact) mass is 263 g/mol. The first kappa shape index (κ1) is 14.8. The van der Waals surface area contributed by atoms with Gasteiger partial charge in [-0.05, 0) is 24.6 Å². The van der Waals surface area contributed by atoms with E-state index in [1.807, 2.05) is 0 Å². The van der Waals surface area contributed by atoms with Gasteiger partial charge >= 0.3 is 0 Å². The Labute approximate surface area is 103 Å². The third kappa shape index (κ3) is 3.89. The fraction of sp³-hybridized carbons (Fsp3) is 0.500. The average Bonchev–Trinajstić information content (AvgIpc) is 2.27. The Bertz CT molecular complexity index is 386. The molecule has 1 aromatic carbocycles. The fourth-order valence-corrected chi connectivity index (χ4v) is 1.64. The van der Waals surface area contributed by atoms with Crippen molar-refractivity contribution in [3.05, 3.63) is 29.6 Å². The summed E-state index contributed by atoms with van der Waals surface area (Å²) in [7, 11) is 0. The van der Waals surface area contributed by atoms with Gasteiger partial charge in [0.05, 0.1) is 24.9 Å². The zero-order valence-electron chi connectivity index (χ0n) is 9.98. The van der Waals surface area contributed by atoms with Crippen LogP contribution in [0, 0.1) is 5.82 Å². The number of benzene rings is 1. The second-order valence-corrected chi connectivity index (χ2v) is 3.95. The van der Waals surface area contributed by atoms with Gasteiger partial charge in [-0.2, -0.15) is 0 Å². The number of alkyl halides is 2. The molecule has 1 aromatic rings. The molecule has 102 valence electrons. The van der Waals surface area contributed by atoms with Crippen LogP contribution in [0.25, 0.3) is 0 Å². The second kappa shape index (κ2) is 6.61. The molecular formula is C12H16F3NO2. The van der Waals surface area contributed by atoms with Crippen molar-refractivity contribution < 1.29 is 23.4 Å². The number of aliphatic hydroxyl groups is 2. The van der Waals surface area contributed by atoms with Crippen molar-refractivity contribution in [1.82, 2.24) is 0 Å². The first-order valence-electron chi connectivity index (χ1n) is 5.57. The summed E-state index contributed by atoms with van der Waals surface area (Å²) in [4.78, 5) is 1.08. The van der Waals surface area contributed by atoms with Crippen molar-refractivity contribution in [3.8, 4) is 0 Å². The summed E-state index contributed by atoms with van der Waals surface area (Å²) < 4.78 is 38.4. The van der Waals surface area contributed by atoms with E-state index >= 15 is 0 Å². The molecule has 0 aliphatic heterocycles. The molecule has 0 spiro atoms. The Morgan fingerprint density at radius 2 is 2.00 bits per heavy atom. The van der Waals surface area contributed by atoms with E-state index in [1.54, 1.807) is 0 Å². The lowest BCUT2D eigenvalue weighted by Crippen LogP contribution is -2.32. The maximum atomic E-state index is 13.8. The SMILES string of the molecule is C[C@@H](O)c1ccc(N(CCO)CC(F)F)c(F)c1. The van der Waals surface area contributed by atoms with Crippen LogP contribution in [0.15, 0.2) is 18.2 Å². The van der Waals surface area contributed by atoms with E-state index < -0.39 is 24.9 Å². The van der Waals surface area contributed by atoms with Crippen LogP contribution in [-0.2, 0) is 0 Å². The zero-order valence-corrected chi connectivity index (χ0v) is 9.98. The average molecular weight is 263 g/mol. The number of nitrogens with zero attached hydrogens (tertiary/aromatic N) is 1. The number of hydrogen-bond donors (Lipinski definition) is 2. The molecule has 0 radical (unpaired) electrons. The predicted molar refractivity (Wildman–Crippen MR) is 62.3 cm³/mol. The highest BCUT2D eigenvalue weighted by atomic mass is 19.3. The van der Waals surface area contributed by atoms with E-state index in [9.17, 15) is 18.3 Å². The highest BCUT2D eigenvalue weighted by Crippen LogP contribution is 2.24. The summed E-state index contributed by atoms with van der Waals surface area (Å²) in [5.41, 5.74) is 0.367. The van der Waals surface area contributed by atoms with E-state index in [0.29, 0.717) is 5.56 Å². The number of aliphatic hydroxyl groups excluding tert-OH is 2. The van der Waals surface area contributed by atoms with Crippen LogP contribution < -0.4 is 4.90 Å². The molecule has 3 nitrogen and oxygen atoms in total. The quantitative estimate of drug-likeness (QED) is 0.824. The number of rotatable bonds is 6. The van der Waals surface area contributed by atoms with Gasteiger partial charge in [0, 0.05) is 6.54 Å². The third-order valence-electron chi connectivity index (χ3n) is 2.52. The third-order valence-corrected chi connectivity index (χ3v) is 2.52. The van der Waals surface area contributed by atoms with Crippen molar-refractivity contribution in [3.63, 3.8) is 0 Å². The van der Waals surface area contributed by atoms with Crippen molar-refractivity contribution >= 4 is 5.69 Å². The molecule has 0 amide bonds. The van der Waals surface area contributed by atoms with Crippen molar-refractivity contribution in [2.24, 2.45) is 0 Å². The van der Waals surface area contributed by atoms with Crippen molar-refractivity contribution in [1.29, 1.82) is 0 Å². The number of anilines is 1. The molecule has 0 aliphatic rings. The van der Waals surface area contributed by atoms with Gasteiger partial charge in [-0.1, -0.05) is 6.07 Å². The summed E-state index contributed by atoms with van der Waals surface area (Å²) in [5.74, 6) is -0.692. The minimum absolute atomic E-state index is 0.00579. The number of halogens is 3. The Hall–Kier alpha value is -1.27. The Morgan fingerprint density at radius 3 is 2.44 bits per heavy atom. The first-order valence-corrected chi connectivity index (χ1v) is 5.57. The van der Waals surface area contributed by atoms with E-state index in [1.165, 1.54) is 19.1 Å². The summed E-state index contributed by atoms with van der Waals surface area (Å²) in [5, 5.41) is 18.1. The Balaban J connectivity index is 2.97. The van der Waals surface area contributed by atoms with Crippen molar-refractivity contribution in [2.75, 3.05) is 24.6 Å². The van der Waals surface area contributed by atoms with Crippen LogP contribution in [0.2, 0.25) is 0 Å². The normalized spacial score (nSPS) is 12.8. The smallest absolute Gasteiger partial charge is 0.255 e. The van der Waals surface area contributed by atoms with Gasteiger partial charge in [0.15, 0.2) is 0 Å². The summed E-state index contributed by atoms with van der Waals surface area (Å²) >= 11 is 0. The zero-order chi connectivity index (χ0) is 13.7. The molecule has 1 atom stereocenters. The lowest BCUT2D eigenvalue weighted by molar-refractivity contribution is 0.152. The largest absolute Gasteiger partial charge is 0.395 e. The topological polar surface area (TPSA) is 43.7 Å². The molecule has 0 aliphatic carbocycles. The van der Waals surface area contributed by atoms with Crippen LogP contribution in [0.1, 0.15) is 18.6 Å². The van der Waals surface area contributed by atoms with Gasteiger partial charge in [0.25, 0.3) is 6.43 Å². The summed E-state index contributed by atoms with van der Waals surface area (Å²) in [6.07, 6.45) is -3.44. The molecule has 0 saturated carbocycles. The summed E-state index contributed by atoms with van der Waals surface area (Å²) in [6, 6.07) is 3.91. The highest BCUT2D eigenvalue weighted by Gasteiger charge is 2.16. The molecule has 18 heavy (non-hydrogen) atoms. The van der Waals surface area contributed by atoms with Gasteiger partial charge in [0.2, 0.25) is 0 Å². The van der Waals surface area contributed by atoms with Gasteiger partial charge in [-0.15, -0.1) is 0 Å². The fourth-order valence-electron chi connectivity index (χ4n) is 1.64. The van der Waals surface area contributed by atoms with Crippen LogP contribution in [0.4, 0.5) is 18.9 Å². The maximum absolute atomic E-state index is 13.8. The van der Waals surface area contributed by atoms with E-state index in [2.05, 4.69) is 0 Å². The number of hydrogen-bond acceptors (Lipinski definition) is 3. The van der Waals surface area contributed by atoms with E-state index in [0.717, 1.165) is 11.0 Å². The van der Waals surface area contributed by atoms with Gasteiger partial charge in [-0.25, -0.2) is 13.2 Å². The molecule has 0 bridgehead atoms. The van der Waals surface area contributed by atoms with E-state index in [-0.39, 0.29) is 18.8 Å². The standard InChI is InChI=1S/C12H16F3NO2/c1-8(18)9-2-3-11(10(13)6-9)16(4-5-17)7-12(14)15/h2-3,6,8,12,17-18H,4-5,7H2,1H3/t8-/m1/s1. The van der Waals surface area contributed by atoms with Gasteiger partial charge in [0.1, 0.15) is 5.82 Å². The molecule has 0 saturated heterocycles. The predicted octanol–water partition coefficient (Wildman–Crippen LogP) is 1.94. The maximum Gasteiger partial charge on any atom is 0.255 e. The summed E-state index contributed by atoms with van der Waals surface area (Å²) in [6.45, 7) is 0.421.